The summed E-state index contributed by atoms with van der Waals surface area (Å²) >= 11 is 0. The van der Waals surface area contributed by atoms with Gasteiger partial charge in [-0.3, -0.25) is 19.5 Å². The van der Waals surface area contributed by atoms with Crippen molar-refractivity contribution < 1.29 is 18.0 Å². The van der Waals surface area contributed by atoms with E-state index < -0.39 is 15.7 Å². The molecule has 2 aliphatic rings. The second-order valence-electron chi connectivity index (χ2n) is 11.9. The van der Waals surface area contributed by atoms with E-state index >= 15 is 0 Å². The first-order valence-electron chi connectivity index (χ1n) is 14.9. The van der Waals surface area contributed by atoms with Crippen LogP contribution >= 0.6 is 0 Å². The van der Waals surface area contributed by atoms with Crippen LogP contribution in [0.5, 0.6) is 0 Å². The molecule has 2 atom stereocenters. The third-order valence-electron chi connectivity index (χ3n) is 8.37. The van der Waals surface area contributed by atoms with Crippen LogP contribution < -0.4 is 10.6 Å². The number of aromatic nitrogens is 2. The van der Waals surface area contributed by atoms with Gasteiger partial charge in [-0.2, -0.15) is 0 Å². The summed E-state index contributed by atoms with van der Waals surface area (Å²) in [6.07, 6.45) is 8.34. The Labute approximate surface area is 259 Å². The van der Waals surface area contributed by atoms with Crippen LogP contribution in [0, 0.1) is 13.8 Å². The van der Waals surface area contributed by atoms with Gasteiger partial charge in [-0.05, 0) is 86.6 Å². The lowest BCUT2D eigenvalue weighted by molar-refractivity contribution is -0.130. The number of pyridine rings is 2. The average molecular weight is 617 g/mol. The van der Waals surface area contributed by atoms with Crippen molar-refractivity contribution >= 4 is 33.2 Å². The van der Waals surface area contributed by atoms with Crippen molar-refractivity contribution in [3.8, 4) is 0 Å². The van der Waals surface area contributed by atoms with E-state index in [9.17, 15) is 18.0 Å². The fourth-order valence-corrected chi connectivity index (χ4v) is 6.58. The molecule has 3 aromatic rings. The molecule has 1 aliphatic carbocycles. The maximum atomic E-state index is 13.3. The molecule has 3 heterocycles. The third kappa shape index (κ3) is 7.16. The van der Waals surface area contributed by atoms with Crippen LogP contribution in [0.3, 0.4) is 0 Å². The number of nitrogens with one attached hydrogen (secondary N) is 2. The normalized spacial score (nSPS) is 18.0. The summed E-state index contributed by atoms with van der Waals surface area (Å²) in [7, 11) is -3.73. The lowest BCUT2D eigenvalue weighted by Gasteiger charge is -2.40. The Bertz CT molecular complexity index is 1670. The minimum absolute atomic E-state index is 0.00513. The first-order chi connectivity index (χ1) is 20.9. The van der Waals surface area contributed by atoms with Crippen LogP contribution in [-0.4, -0.2) is 78.5 Å². The van der Waals surface area contributed by atoms with Crippen molar-refractivity contribution in [1.82, 2.24) is 19.8 Å². The first kappa shape index (κ1) is 31.3. The van der Waals surface area contributed by atoms with Gasteiger partial charge in [0.05, 0.1) is 22.3 Å². The molecule has 2 aromatic heterocycles. The lowest BCUT2D eigenvalue weighted by Crippen LogP contribution is -2.54. The summed E-state index contributed by atoms with van der Waals surface area (Å²) in [6.45, 7) is 11.7. The number of aryl methyl sites for hydroxylation is 2. The molecule has 1 saturated heterocycles. The van der Waals surface area contributed by atoms with Gasteiger partial charge in [-0.15, -0.1) is 0 Å². The molecule has 1 aromatic carbocycles. The van der Waals surface area contributed by atoms with Crippen LogP contribution in [0.25, 0.3) is 0 Å². The summed E-state index contributed by atoms with van der Waals surface area (Å²) in [5.41, 5.74) is 4.07. The standard InChI is InChI=1S/C33H40N6O4S/c1-6-31(40)39-15-14-38(19-23(39)4)20-29(27-12-11-25(18-35-27)24-9-10-24)36-28-16-22(3)26(17-30(28)44(5,42)43)33(41)37-32-21(2)8-7-13-34-32/h6-8,11-13,16-18,23-24,29,36H,1,9-10,14-15,19-20H2,2-5H3,(H,34,37,41)/t23?,29-/m0/s1. The first-order valence-corrected chi connectivity index (χ1v) is 16.8. The molecule has 44 heavy (non-hydrogen) atoms. The van der Waals surface area contributed by atoms with E-state index in [0.29, 0.717) is 49.2 Å². The molecule has 5 rings (SSSR count). The zero-order valence-electron chi connectivity index (χ0n) is 25.7. The molecule has 1 saturated carbocycles. The summed E-state index contributed by atoms with van der Waals surface area (Å²) in [5, 5.41) is 6.29. The van der Waals surface area contributed by atoms with Gasteiger partial charge in [-0.25, -0.2) is 13.4 Å². The fraction of sp³-hybridized carbons (Fsp3) is 0.394. The maximum absolute atomic E-state index is 13.3. The number of carbonyl (C=O) groups excluding carboxylic acids is 2. The number of carbonyl (C=O) groups is 2. The summed E-state index contributed by atoms with van der Waals surface area (Å²) in [4.78, 5) is 38.7. The van der Waals surface area contributed by atoms with Crippen molar-refractivity contribution in [2.24, 2.45) is 0 Å². The monoisotopic (exact) mass is 616 g/mol. The predicted octanol–water partition coefficient (Wildman–Crippen LogP) is 4.50. The Hall–Kier alpha value is -4.09. The van der Waals surface area contributed by atoms with E-state index in [1.807, 2.05) is 37.1 Å². The van der Waals surface area contributed by atoms with Crippen molar-refractivity contribution in [2.75, 3.05) is 43.1 Å². The summed E-state index contributed by atoms with van der Waals surface area (Å²) < 4.78 is 26.2. The average Bonchev–Trinajstić information content (AvgIpc) is 3.83. The number of sulfone groups is 1. The van der Waals surface area contributed by atoms with Crippen LogP contribution in [0.15, 0.2) is 66.3 Å². The number of nitrogens with zero attached hydrogens (tertiary/aromatic N) is 4. The molecule has 2 fully saturated rings. The van der Waals surface area contributed by atoms with Crippen LogP contribution in [-0.2, 0) is 14.6 Å². The van der Waals surface area contributed by atoms with Gasteiger partial charge in [0.2, 0.25) is 5.91 Å². The molecule has 2 N–H and O–H groups in total. The number of amides is 2. The van der Waals surface area contributed by atoms with E-state index in [0.717, 1.165) is 17.5 Å². The maximum Gasteiger partial charge on any atom is 0.257 e. The van der Waals surface area contributed by atoms with Gasteiger partial charge in [-0.1, -0.05) is 18.7 Å². The Morgan fingerprint density at radius 3 is 2.50 bits per heavy atom. The van der Waals surface area contributed by atoms with E-state index in [-0.39, 0.29) is 28.4 Å². The molecule has 0 radical (unpaired) electrons. The Balaban J connectivity index is 1.45. The quantitative estimate of drug-likeness (QED) is 0.319. The number of benzene rings is 1. The van der Waals surface area contributed by atoms with Gasteiger partial charge < -0.3 is 15.5 Å². The molecule has 0 bridgehead atoms. The lowest BCUT2D eigenvalue weighted by atomic mass is 10.0. The largest absolute Gasteiger partial charge is 0.374 e. The highest BCUT2D eigenvalue weighted by Gasteiger charge is 2.30. The van der Waals surface area contributed by atoms with Crippen LogP contribution in [0.4, 0.5) is 11.5 Å². The Kier molecular flexibility index (Phi) is 9.17. The number of hydrogen-bond donors (Lipinski definition) is 2. The van der Waals surface area contributed by atoms with Gasteiger partial charge >= 0.3 is 0 Å². The number of rotatable bonds is 10. The van der Waals surface area contributed by atoms with Crippen LogP contribution in [0.1, 0.15) is 64.5 Å². The van der Waals surface area contributed by atoms with Crippen molar-refractivity contribution in [1.29, 1.82) is 0 Å². The van der Waals surface area contributed by atoms with Crippen molar-refractivity contribution in [3.05, 3.63) is 89.4 Å². The van der Waals surface area contributed by atoms with Crippen molar-refractivity contribution in [3.63, 3.8) is 0 Å². The van der Waals surface area contributed by atoms with E-state index in [1.54, 1.807) is 25.3 Å². The number of hydrogen-bond acceptors (Lipinski definition) is 8. The van der Waals surface area contributed by atoms with Gasteiger partial charge in [0.15, 0.2) is 9.84 Å². The number of anilines is 2. The topological polar surface area (TPSA) is 125 Å². The highest BCUT2D eigenvalue weighted by molar-refractivity contribution is 7.90. The fourth-order valence-electron chi connectivity index (χ4n) is 5.73. The summed E-state index contributed by atoms with van der Waals surface area (Å²) in [6, 6.07) is 10.5. The molecule has 2 amide bonds. The highest BCUT2D eigenvalue weighted by Crippen LogP contribution is 2.40. The molecule has 11 heteroatoms. The SMILES string of the molecule is C=CC(=O)N1CCN(C[C@H](Nc2cc(C)c(C(=O)Nc3ncccc3C)cc2S(C)(=O)=O)c2ccc(C3CC3)cn2)CC1C. The Morgan fingerprint density at radius 2 is 1.89 bits per heavy atom. The van der Waals surface area contributed by atoms with Gasteiger partial charge in [0.1, 0.15) is 5.82 Å². The minimum atomic E-state index is -3.73. The van der Waals surface area contributed by atoms with E-state index in [1.165, 1.54) is 30.5 Å². The second kappa shape index (κ2) is 12.9. The predicted molar refractivity (Wildman–Crippen MR) is 172 cm³/mol. The van der Waals surface area contributed by atoms with E-state index in [2.05, 4.69) is 33.2 Å². The number of piperazine rings is 1. The Morgan fingerprint density at radius 1 is 1.11 bits per heavy atom. The van der Waals surface area contributed by atoms with Gasteiger partial charge in [0, 0.05) is 56.4 Å². The van der Waals surface area contributed by atoms with E-state index in [4.69, 9.17) is 4.98 Å². The smallest absolute Gasteiger partial charge is 0.257 e. The minimum Gasteiger partial charge on any atom is -0.374 e. The zero-order valence-corrected chi connectivity index (χ0v) is 26.5. The van der Waals surface area contributed by atoms with Crippen molar-refractivity contribution in [2.45, 2.75) is 56.5 Å². The second-order valence-corrected chi connectivity index (χ2v) is 13.9. The zero-order chi connectivity index (χ0) is 31.6. The molecule has 1 unspecified atom stereocenters. The molecule has 0 spiro atoms. The molecule has 1 aliphatic heterocycles. The molecule has 10 nitrogen and oxygen atoms in total. The van der Waals surface area contributed by atoms with Crippen LogP contribution in [0.2, 0.25) is 0 Å². The molecule has 232 valence electrons. The highest BCUT2D eigenvalue weighted by atomic mass is 32.2. The third-order valence-corrected chi connectivity index (χ3v) is 9.50. The summed E-state index contributed by atoms with van der Waals surface area (Å²) in [5.74, 6) is 0.465. The molecular weight excluding hydrogens is 576 g/mol. The molecular formula is C33H40N6O4S. The van der Waals surface area contributed by atoms with Gasteiger partial charge in [0.25, 0.3) is 5.91 Å².